The number of halogens is 8. The van der Waals surface area contributed by atoms with Crippen molar-refractivity contribution in [1.29, 1.82) is 0 Å². The third-order valence-electron chi connectivity index (χ3n) is 13.4. The second-order valence-corrected chi connectivity index (χ2v) is 25.5. The first-order valence-electron chi connectivity index (χ1n) is 22.4. The Morgan fingerprint density at radius 1 is 0.567 bits per heavy atom. The van der Waals surface area contributed by atoms with Gasteiger partial charge in [-0.25, -0.2) is 0 Å². The molecule has 0 N–H and O–H groups in total. The molecule has 8 rings (SSSR count). The van der Waals surface area contributed by atoms with Crippen molar-refractivity contribution in [1.82, 2.24) is 0 Å². The van der Waals surface area contributed by atoms with E-state index in [2.05, 4.69) is 143 Å². The van der Waals surface area contributed by atoms with E-state index in [0.29, 0.717) is 17.5 Å². The zero-order valence-corrected chi connectivity index (χ0v) is 43.8. The molecule has 1 atom stereocenters. The van der Waals surface area contributed by atoms with Crippen LogP contribution in [0, 0.1) is 58.8 Å². The Kier molecular flexibility index (Phi) is 15.0. The number of alkyl halides is 6. The van der Waals surface area contributed by atoms with Gasteiger partial charge < -0.3 is 24.8 Å². The standard InChI is InChI=1S/C31H29.C15H8F6.C12H19.2ClH.Zr/c1-18-11-20(3)30(21(4)12-18)24-7-9-28-26(15-24)17-27-16-25(8-10-29(27)28)31-22(5)13-19(2)14-23(31)6;16-14(17,18)12-5-1-10(2-6-12)9-11-3-7-13(8-4-11)15(19,20)21;1-9(2)10-6-7-11(8-10)12(3,4)5;;;/h7-15H,17H2,1-6H3;1-8H;7-10H,1-5H3;2*1H;/q;;;;;+2/p-2. The van der Waals surface area contributed by atoms with Crippen LogP contribution in [0.3, 0.4) is 0 Å². The molecular formula is C58H56Cl2F6Zr. The number of benzene rings is 6. The number of allylic oxidation sites excluding steroid dienone is 4. The molecule has 0 saturated carbocycles. The van der Waals surface area contributed by atoms with Gasteiger partial charge >= 0.3 is 391 Å². The van der Waals surface area contributed by atoms with Crippen molar-refractivity contribution < 1.29 is 72.4 Å². The predicted molar refractivity (Wildman–Crippen MR) is 254 cm³/mol. The first-order valence-corrected chi connectivity index (χ1v) is 26.1. The number of fused-ring (bicyclic) bond motifs is 3. The second-order valence-electron chi connectivity index (χ2n) is 19.8. The molecule has 6 aromatic carbocycles. The van der Waals surface area contributed by atoms with E-state index >= 15 is 0 Å². The van der Waals surface area contributed by atoms with E-state index in [0.717, 1.165) is 72.0 Å². The molecule has 0 bridgehead atoms. The van der Waals surface area contributed by atoms with Crippen LogP contribution in [-0.2, 0) is 40.0 Å². The van der Waals surface area contributed by atoms with Crippen LogP contribution in [0.25, 0.3) is 33.4 Å². The average Bonchev–Trinajstić information content (AvgIpc) is 3.82. The third-order valence-corrected chi connectivity index (χ3v) is 21.3. The smallest absolute Gasteiger partial charge is 1.00 e. The largest absolute Gasteiger partial charge is 1.00 e. The van der Waals surface area contributed by atoms with Crippen LogP contribution >= 0.6 is 0 Å². The van der Waals surface area contributed by atoms with Crippen LogP contribution in [0.1, 0.15) is 101 Å². The van der Waals surface area contributed by atoms with Crippen molar-refractivity contribution in [2.45, 2.75) is 94.9 Å². The van der Waals surface area contributed by atoms with Gasteiger partial charge in [-0.15, -0.1) is 0 Å². The van der Waals surface area contributed by atoms with Crippen molar-refractivity contribution in [2.75, 3.05) is 0 Å². The maximum atomic E-state index is 14.3. The molecule has 6 aromatic rings. The van der Waals surface area contributed by atoms with Crippen molar-refractivity contribution in [3.63, 3.8) is 0 Å². The molecular weight excluding hydrogens is 973 g/mol. The van der Waals surface area contributed by atoms with Gasteiger partial charge in [-0.05, 0) is 0 Å². The minimum absolute atomic E-state index is 0. The molecule has 0 spiro atoms. The monoisotopic (exact) mass is 1030 g/mol. The Hall–Kier alpha value is -4.29. The van der Waals surface area contributed by atoms with E-state index in [4.69, 9.17) is 0 Å². The number of rotatable bonds is 7. The quantitative estimate of drug-likeness (QED) is 0.140. The van der Waals surface area contributed by atoms with Crippen molar-refractivity contribution in [2.24, 2.45) is 17.3 Å². The Labute approximate surface area is 412 Å². The summed E-state index contributed by atoms with van der Waals surface area (Å²) in [5.74, 6) is 0.172. The molecule has 67 heavy (non-hydrogen) atoms. The van der Waals surface area contributed by atoms with Gasteiger partial charge in [0, 0.05) is 0 Å². The fraction of sp³-hybridized carbons (Fsp3) is 0.293. The molecule has 0 aromatic heterocycles. The second kappa shape index (κ2) is 19.2. The maximum Gasteiger partial charge on any atom is -1.00 e. The molecule has 2 aliphatic rings. The van der Waals surface area contributed by atoms with E-state index in [1.807, 2.05) is 0 Å². The molecule has 0 radical (unpaired) electrons. The van der Waals surface area contributed by atoms with E-state index in [-0.39, 0.29) is 42.1 Å². The van der Waals surface area contributed by atoms with Gasteiger partial charge in [0.05, 0.1) is 0 Å². The number of hydrogen-bond acceptors (Lipinski definition) is 0. The summed E-state index contributed by atoms with van der Waals surface area (Å²) in [6, 6.07) is 30.8. The predicted octanol–water partition coefficient (Wildman–Crippen LogP) is 10.1. The van der Waals surface area contributed by atoms with Gasteiger partial charge in [0.25, 0.3) is 0 Å². The van der Waals surface area contributed by atoms with E-state index in [9.17, 15) is 26.3 Å². The zero-order chi connectivity index (χ0) is 47.1. The summed E-state index contributed by atoms with van der Waals surface area (Å²) in [5, 5.41) is 0. The number of aryl methyl sites for hydroxylation is 6. The Morgan fingerprint density at radius 2 is 1.01 bits per heavy atom. The van der Waals surface area contributed by atoms with Gasteiger partial charge in [0.1, 0.15) is 0 Å². The molecule has 0 fully saturated rings. The average molecular weight is 1030 g/mol. The van der Waals surface area contributed by atoms with Gasteiger partial charge in [0.2, 0.25) is 0 Å². The Balaban J connectivity index is 0.00000370. The topological polar surface area (TPSA) is 0 Å². The Bertz CT molecular complexity index is 2870. The molecule has 0 nitrogen and oxygen atoms in total. The third kappa shape index (κ3) is 10.1. The molecule has 1 unspecified atom stereocenters. The summed E-state index contributed by atoms with van der Waals surface area (Å²) in [7, 11) is 0. The summed E-state index contributed by atoms with van der Waals surface area (Å²) in [4.78, 5) is 0. The molecule has 348 valence electrons. The van der Waals surface area contributed by atoms with E-state index < -0.39 is 44.7 Å². The fourth-order valence-electron chi connectivity index (χ4n) is 10.5. The van der Waals surface area contributed by atoms with Gasteiger partial charge in [-0.1, -0.05) is 0 Å². The molecule has 0 aliphatic heterocycles. The molecule has 9 heteroatoms. The fourth-order valence-corrected chi connectivity index (χ4v) is 19.9. The molecule has 0 saturated heterocycles. The normalized spacial score (nSPS) is 14.4. The van der Waals surface area contributed by atoms with Gasteiger partial charge in [-0.3, -0.25) is 0 Å². The minimum Gasteiger partial charge on any atom is -1.00 e. The molecule has 0 heterocycles. The Morgan fingerprint density at radius 3 is 1.46 bits per heavy atom. The van der Waals surface area contributed by atoms with Gasteiger partial charge in [-0.2, -0.15) is 0 Å². The summed E-state index contributed by atoms with van der Waals surface area (Å²) < 4.78 is 89.0. The zero-order valence-electron chi connectivity index (χ0n) is 39.9. The van der Waals surface area contributed by atoms with Crippen LogP contribution in [0.2, 0.25) is 0 Å². The van der Waals surface area contributed by atoms with E-state index in [1.165, 1.54) is 45.5 Å². The van der Waals surface area contributed by atoms with Crippen molar-refractivity contribution in [3.8, 4) is 33.4 Å². The van der Waals surface area contributed by atoms with Gasteiger partial charge in [0.15, 0.2) is 0 Å². The summed E-state index contributed by atoms with van der Waals surface area (Å²) in [6.07, 6.45) is -3.73. The molecule has 0 amide bonds. The number of hydrogen-bond donors (Lipinski definition) is 0. The SMILES string of the molecule is Cc1cc(C)c(-c2ccc3c(c2)Cc2c-3ccc(-c3c(C)cc(C)cc3C)[c]2[Zr+2]([C]2=CC(C(C)(C)C)=CC2C(C)C)=[C](c2ccc(C(F)(F)F)cc2)c2ccc(C(F)(F)F)cc2)c(C)c1.[Cl-].[Cl-]. The summed E-state index contributed by atoms with van der Waals surface area (Å²) >= 11 is -3.89. The van der Waals surface area contributed by atoms with E-state index in [1.54, 1.807) is 24.3 Å². The van der Waals surface area contributed by atoms with Crippen molar-refractivity contribution >= 4 is 6.48 Å². The van der Waals surface area contributed by atoms with Crippen LogP contribution in [0.15, 0.2) is 124 Å². The first-order chi connectivity index (χ1) is 30.4. The van der Waals surface area contributed by atoms with Crippen LogP contribution in [0.5, 0.6) is 0 Å². The van der Waals surface area contributed by atoms with Crippen LogP contribution in [0.4, 0.5) is 26.3 Å². The van der Waals surface area contributed by atoms with Crippen molar-refractivity contribution in [3.05, 3.63) is 191 Å². The van der Waals surface area contributed by atoms with Crippen LogP contribution < -0.4 is 28.1 Å². The van der Waals surface area contributed by atoms with Crippen LogP contribution in [-0.4, -0.2) is 3.21 Å². The summed E-state index contributed by atoms with van der Waals surface area (Å²) in [5.41, 5.74) is 16.9. The summed E-state index contributed by atoms with van der Waals surface area (Å²) in [6.45, 7) is 23.8. The minimum atomic E-state index is -4.56. The first kappa shape index (κ1) is 52.1. The molecule has 2 aliphatic carbocycles. The maximum absolute atomic E-state index is 14.3.